The lowest BCUT2D eigenvalue weighted by molar-refractivity contribution is 0.569. The summed E-state index contributed by atoms with van der Waals surface area (Å²) in [6.07, 6.45) is 2.31. The Kier molecular flexibility index (Phi) is 7.76. The van der Waals surface area contributed by atoms with E-state index in [0.29, 0.717) is 0 Å². The topological polar surface area (TPSA) is 17.1 Å². The van der Waals surface area contributed by atoms with Gasteiger partial charge in [0.25, 0.3) is 0 Å². The fraction of sp³-hybridized carbons (Fsp3) is 0.300. The van der Waals surface area contributed by atoms with Crippen molar-refractivity contribution in [1.29, 1.82) is 0 Å². The maximum atomic E-state index is 8.57. The van der Waals surface area contributed by atoms with E-state index in [1.807, 2.05) is 18.2 Å². The fourth-order valence-electron chi connectivity index (χ4n) is 0.981. The van der Waals surface area contributed by atoms with Crippen LogP contribution in [0.5, 0.6) is 0 Å². The second kappa shape index (κ2) is 8.09. The lowest BCUT2D eigenvalue weighted by Crippen LogP contribution is -1.80. The van der Waals surface area contributed by atoms with Crippen molar-refractivity contribution in [3.05, 3.63) is 34.9 Å². The zero-order valence-corrected chi connectivity index (χ0v) is 8.98. The van der Waals surface area contributed by atoms with Crippen LogP contribution in [-0.2, 0) is 11.2 Å². The van der Waals surface area contributed by atoms with E-state index in [-0.39, 0.29) is 5.75 Å². The van der Waals surface area contributed by atoms with Gasteiger partial charge >= 0.3 is 0 Å². The molecule has 1 aromatic carbocycles. The van der Waals surface area contributed by atoms with Gasteiger partial charge in [0.15, 0.2) is 0 Å². The van der Waals surface area contributed by atoms with Crippen molar-refractivity contribution in [2.45, 2.75) is 19.8 Å². The molecular weight excluding hydrogens is 207 g/mol. The highest BCUT2D eigenvalue weighted by molar-refractivity contribution is 6.54. The summed E-state index contributed by atoms with van der Waals surface area (Å²) < 4.78 is 0. The van der Waals surface area contributed by atoms with E-state index in [1.54, 1.807) is 0 Å². The van der Waals surface area contributed by atoms with E-state index >= 15 is 0 Å². The molecule has 0 N–H and O–H groups in total. The number of rotatable bonds is 2. The summed E-state index contributed by atoms with van der Waals surface area (Å²) in [5, 5.41) is 0.839. The van der Waals surface area contributed by atoms with Crippen molar-refractivity contribution < 1.29 is 4.79 Å². The maximum absolute atomic E-state index is 8.57. The third kappa shape index (κ3) is 6.62. The third-order valence-electron chi connectivity index (χ3n) is 1.43. The van der Waals surface area contributed by atoms with E-state index in [0.717, 1.165) is 11.4 Å². The maximum Gasteiger partial charge on any atom is 0.208 e. The monoisotopic (exact) mass is 218 g/mol. The van der Waals surface area contributed by atoms with E-state index in [9.17, 15) is 0 Å². The first-order valence-corrected chi connectivity index (χ1v) is 4.84. The van der Waals surface area contributed by atoms with Crippen LogP contribution >= 0.6 is 23.2 Å². The first kappa shape index (κ1) is 12.5. The average Bonchev–Trinajstić information content (AvgIpc) is 2.06. The predicted octanol–water partition coefficient (Wildman–Crippen LogP) is 3.71. The largest absolute Gasteiger partial charge is 0.285 e. The summed E-state index contributed by atoms with van der Waals surface area (Å²) in [5.74, 6) is 0.222. The predicted molar refractivity (Wildman–Crippen MR) is 58.1 cm³/mol. The van der Waals surface area contributed by atoms with Crippen LogP contribution in [0.1, 0.15) is 18.9 Å². The Morgan fingerprint density at radius 1 is 1.46 bits per heavy atom. The molecule has 72 valence electrons. The Morgan fingerprint density at radius 2 is 2.08 bits per heavy atom. The molecule has 0 aromatic heterocycles. The SMILES string of the molecule is CCCc1cccc(Cl)c1.O=CCl. The molecule has 0 aliphatic rings. The van der Waals surface area contributed by atoms with Gasteiger partial charge in [-0.3, -0.25) is 4.79 Å². The van der Waals surface area contributed by atoms with Crippen molar-refractivity contribution >= 4 is 28.9 Å². The minimum atomic E-state index is 0.222. The molecule has 0 unspecified atom stereocenters. The molecule has 0 aliphatic heterocycles. The van der Waals surface area contributed by atoms with Gasteiger partial charge in [0.2, 0.25) is 5.75 Å². The van der Waals surface area contributed by atoms with Crippen molar-refractivity contribution in [1.82, 2.24) is 0 Å². The number of carbonyl (C=O) groups excluding carboxylic acids is 1. The van der Waals surface area contributed by atoms with Gasteiger partial charge in [-0.1, -0.05) is 37.1 Å². The average molecular weight is 219 g/mol. The third-order valence-corrected chi connectivity index (χ3v) is 1.66. The van der Waals surface area contributed by atoms with Crippen LogP contribution in [0.25, 0.3) is 0 Å². The summed E-state index contributed by atoms with van der Waals surface area (Å²) in [6, 6.07) is 8.02. The summed E-state index contributed by atoms with van der Waals surface area (Å²) in [5.41, 5.74) is 1.33. The van der Waals surface area contributed by atoms with Crippen LogP contribution in [-0.4, -0.2) is 5.75 Å². The first-order chi connectivity index (χ1) is 6.24. The van der Waals surface area contributed by atoms with Gasteiger partial charge in [-0.15, -0.1) is 0 Å². The standard InChI is InChI=1S/C9H11Cl.CHClO/c1-2-4-8-5-3-6-9(10)7-8;2-1-3/h3,5-7H,2,4H2,1H3;1H. The number of hydrogen-bond donors (Lipinski definition) is 0. The lowest BCUT2D eigenvalue weighted by Gasteiger charge is -1.96. The van der Waals surface area contributed by atoms with Gasteiger partial charge in [0.05, 0.1) is 0 Å². The highest BCUT2D eigenvalue weighted by Gasteiger charge is 1.90. The minimum Gasteiger partial charge on any atom is -0.285 e. The Balaban J connectivity index is 0.000000424. The van der Waals surface area contributed by atoms with Crippen molar-refractivity contribution in [3.8, 4) is 0 Å². The molecule has 1 rings (SSSR count). The molecule has 0 heterocycles. The van der Waals surface area contributed by atoms with Crippen LogP contribution in [0.15, 0.2) is 24.3 Å². The molecule has 0 radical (unpaired) electrons. The molecule has 0 aliphatic carbocycles. The molecule has 3 heteroatoms. The molecule has 0 saturated carbocycles. The van der Waals surface area contributed by atoms with Crippen LogP contribution in [0, 0.1) is 0 Å². The fourth-order valence-corrected chi connectivity index (χ4v) is 1.19. The quantitative estimate of drug-likeness (QED) is 0.547. The molecule has 0 bridgehead atoms. The van der Waals surface area contributed by atoms with Crippen LogP contribution in [0.2, 0.25) is 5.02 Å². The minimum absolute atomic E-state index is 0.222. The Hall–Kier alpha value is -0.530. The zero-order valence-electron chi connectivity index (χ0n) is 7.47. The van der Waals surface area contributed by atoms with E-state index < -0.39 is 0 Å². The van der Waals surface area contributed by atoms with E-state index in [4.69, 9.17) is 16.4 Å². The summed E-state index contributed by atoms with van der Waals surface area (Å²) in [4.78, 5) is 8.57. The van der Waals surface area contributed by atoms with E-state index in [1.165, 1.54) is 12.0 Å². The number of halogens is 2. The molecule has 13 heavy (non-hydrogen) atoms. The van der Waals surface area contributed by atoms with Crippen LogP contribution < -0.4 is 0 Å². The Morgan fingerprint density at radius 3 is 2.54 bits per heavy atom. The zero-order chi connectivity index (χ0) is 10.1. The van der Waals surface area contributed by atoms with Gasteiger partial charge in [0.1, 0.15) is 0 Å². The van der Waals surface area contributed by atoms with E-state index in [2.05, 4.69) is 24.6 Å². The second-order valence-corrected chi connectivity index (χ2v) is 3.08. The van der Waals surface area contributed by atoms with Gasteiger partial charge < -0.3 is 0 Å². The number of hydrogen-bond acceptors (Lipinski definition) is 1. The van der Waals surface area contributed by atoms with Gasteiger partial charge in [-0.05, 0) is 35.7 Å². The van der Waals surface area contributed by atoms with Crippen molar-refractivity contribution in [2.75, 3.05) is 0 Å². The molecule has 0 atom stereocenters. The van der Waals surface area contributed by atoms with Gasteiger partial charge in [-0.2, -0.15) is 0 Å². The Bertz CT molecular complexity index is 248. The molecule has 0 saturated heterocycles. The van der Waals surface area contributed by atoms with Crippen molar-refractivity contribution in [2.24, 2.45) is 0 Å². The molecule has 0 amide bonds. The smallest absolute Gasteiger partial charge is 0.208 e. The Labute approximate surface area is 88.7 Å². The number of benzene rings is 1. The first-order valence-electron chi connectivity index (χ1n) is 4.02. The number of carbonyl (C=O) groups is 1. The van der Waals surface area contributed by atoms with Crippen LogP contribution in [0.3, 0.4) is 0 Å². The summed E-state index contributed by atoms with van der Waals surface area (Å²) >= 11 is 10.1. The van der Waals surface area contributed by atoms with Gasteiger partial charge in [0, 0.05) is 5.02 Å². The normalized spacial score (nSPS) is 8.54. The molecule has 1 aromatic rings. The molecule has 0 spiro atoms. The number of aryl methyl sites for hydroxylation is 1. The summed E-state index contributed by atoms with van der Waals surface area (Å²) in [7, 11) is 0. The molecule has 0 fully saturated rings. The van der Waals surface area contributed by atoms with Gasteiger partial charge in [-0.25, -0.2) is 0 Å². The highest BCUT2D eigenvalue weighted by Crippen LogP contribution is 2.11. The second-order valence-electron chi connectivity index (χ2n) is 2.47. The summed E-state index contributed by atoms with van der Waals surface area (Å²) in [6.45, 7) is 2.17. The van der Waals surface area contributed by atoms with Crippen molar-refractivity contribution in [3.63, 3.8) is 0 Å². The molecular formula is C10H12Cl2O. The molecule has 1 nitrogen and oxygen atoms in total. The highest BCUT2D eigenvalue weighted by atomic mass is 35.5. The lowest BCUT2D eigenvalue weighted by atomic mass is 10.1. The van der Waals surface area contributed by atoms with Crippen LogP contribution in [0.4, 0.5) is 0 Å².